The van der Waals surface area contributed by atoms with E-state index in [1.807, 2.05) is 0 Å². The molecule has 0 aliphatic carbocycles. The molecule has 0 radical (unpaired) electrons. The van der Waals surface area contributed by atoms with Crippen LogP contribution in [0, 0.1) is 0 Å². The van der Waals surface area contributed by atoms with Gasteiger partial charge in [0.25, 0.3) is 5.78 Å². The number of benzene rings is 1. The second-order valence-electron chi connectivity index (χ2n) is 3.11. The number of alkyl halides is 1. The molecule has 0 saturated heterocycles. The van der Waals surface area contributed by atoms with Gasteiger partial charge in [0.2, 0.25) is 0 Å². The molecule has 1 aromatic carbocycles. The van der Waals surface area contributed by atoms with Crippen LogP contribution in [0.4, 0.5) is 0 Å². The molecule has 0 aliphatic heterocycles. The SMILES string of the molecule is COC(=O)C(=O)C(Cl)c1ccc(OC)c(Br)c1. The molecule has 17 heavy (non-hydrogen) atoms. The lowest BCUT2D eigenvalue weighted by molar-refractivity contribution is -0.151. The molecule has 0 spiro atoms. The second-order valence-corrected chi connectivity index (χ2v) is 4.40. The Morgan fingerprint density at radius 2 is 2.00 bits per heavy atom. The highest BCUT2D eigenvalue weighted by molar-refractivity contribution is 9.10. The summed E-state index contributed by atoms with van der Waals surface area (Å²) in [4.78, 5) is 22.5. The largest absolute Gasteiger partial charge is 0.496 e. The summed E-state index contributed by atoms with van der Waals surface area (Å²) in [5.41, 5.74) is 0.495. The maximum atomic E-state index is 11.5. The zero-order valence-corrected chi connectivity index (χ0v) is 11.5. The normalized spacial score (nSPS) is 11.8. The summed E-state index contributed by atoms with van der Waals surface area (Å²) in [6.45, 7) is 0. The molecule has 0 saturated carbocycles. The first-order chi connectivity index (χ1) is 8.01. The van der Waals surface area contributed by atoms with E-state index in [9.17, 15) is 9.59 Å². The standard InChI is InChI=1S/C11H10BrClO4/c1-16-8-4-3-6(5-7(8)12)9(13)10(14)11(15)17-2/h3-5,9H,1-2H3. The van der Waals surface area contributed by atoms with Crippen molar-refractivity contribution in [3.8, 4) is 5.75 Å². The molecule has 0 N–H and O–H groups in total. The van der Waals surface area contributed by atoms with E-state index in [2.05, 4.69) is 20.7 Å². The van der Waals surface area contributed by atoms with Crippen LogP contribution in [0.15, 0.2) is 22.7 Å². The molecule has 92 valence electrons. The highest BCUT2D eigenvalue weighted by atomic mass is 79.9. The van der Waals surface area contributed by atoms with Gasteiger partial charge >= 0.3 is 5.97 Å². The third kappa shape index (κ3) is 3.20. The van der Waals surface area contributed by atoms with Crippen LogP contribution >= 0.6 is 27.5 Å². The summed E-state index contributed by atoms with van der Waals surface area (Å²) < 4.78 is 10.0. The van der Waals surface area contributed by atoms with Crippen LogP contribution < -0.4 is 4.74 Å². The van der Waals surface area contributed by atoms with Gasteiger partial charge in [-0.3, -0.25) is 4.79 Å². The highest BCUT2D eigenvalue weighted by Crippen LogP contribution is 2.30. The minimum atomic E-state index is -1.07. The zero-order chi connectivity index (χ0) is 13.0. The van der Waals surface area contributed by atoms with Crippen molar-refractivity contribution in [1.82, 2.24) is 0 Å². The Morgan fingerprint density at radius 1 is 1.35 bits per heavy atom. The van der Waals surface area contributed by atoms with Gasteiger partial charge in [0, 0.05) is 0 Å². The molecule has 0 amide bonds. The Bertz CT molecular complexity index is 447. The van der Waals surface area contributed by atoms with Gasteiger partial charge in [-0.05, 0) is 33.6 Å². The van der Waals surface area contributed by atoms with Crippen LogP contribution in [-0.2, 0) is 14.3 Å². The van der Waals surface area contributed by atoms with Crippen LogP contribution in [0.1, 0.15) is 10.9 Å². The predicted molar refractivity (Wildman–Crippen MR) is 66.3 cm³/mol. The molecule has 4 nitrogen and oxygen atoms in total. The molecule has 1 atom stereocenters. The van der Waals surface area contributed by atoms with E-state index in [0.717, 1.165) is 7.11 Å². The Labute approximate surface area is 112 Å². The fourth-order valence-corrected chi connectivity index (χ4v) is 1.98. The van der Waals surface area contributed by atoms with Gasteiger partial charge < -0.3 is 9.47 Å². The molecule has 0 aromatic heterocycles. The van der Waals surface area contributed by atoms with Gasteiger partial charge in [-0.2, -0.15) is 0 Å². The second kappa shape index (κ2) is 6.02. The first-order valence-corrected chi connectivity index (χ1v) is 5.84. The van der Waals surface area contributed by atoms with Crippen molar-refractivity contribution in [3.63, 3.8) is 0 Å². The average molecular weight is 322 g/mol. The fraction of sp³-hybridized carbons (Fsp3) is 0.273. The van der Waals surface area contributed by atoms with Crippen molar-refractivity contribution < 1.29 is 19.1 Å². The summed E-state index contributed by atoms with van der Waals surface area (Å²) in [7, 11) is 2.66. The number of methoxy groups -OCH3 is 2. The molecule has 0 aliphatic rings. The van der Waals surface area contributed by atoms with E-state index in [4.69, 9.17) is 16.3 Å². The molecule has 6 heteroatoms. The topological polar surface area (TPSA) is 52.6 Å². The van der Waals surface area contributed by atoms with Gasteiger partial charge in [-0.15, -0.1) is 11.6 Å². The maximum Gasteiger partial charge on any atom is 0.376 e. The molecule has 1 unspecified atom stereocenters. The van der Waals surface area contributed by atoms with Crippen molar-refractivity contribution in [1.29, 1.82) is 0 Å². The first kappa shape index (κ1) is 14.0. The highest BCUT2D eigenvalue weighted by Gasteiger charge is 2.26. The number of halogens is 2. The summed E-state index contributed by atoms with van der Waals surface area (Å²) >= 11 is 9.15. The lowest BCUT2D eigenvalue weighted by Crippen LogP contribution is -2.20. The van der Waals surface area contributed by atoms with E-state index in [-0.39, 0.29) is 0 Å². The van der Waals surface area contributed by atoms with Crippen molar-refractivity contribution in [2.24, 2.45) is 0 Å². The van der Waals surface area contributed by atoms with Crippen LogP contribution in [0.25, 0.3) is 0 Å². The number of ketones is 1. The van der Waals surface area contributed by atoms with Crippen molar-refractivity contribution >= 4 is 39.3 Å². The quantitative estimate of drug-likeness (QED) is 0.486. The Kier molecular flexibility index (Phi) is 4.96. The van der Waals surface area contributed by atoms with Crippen molar-refractivity contribution in [2.75, 3.05) is 14.2 Å². The van der Waals surface area contributed by atoms with Crippen LogP contribution in [0.2, 0.25) is 0 Å². The fourth-order valence-electron chi connectivity index (χ4n) is 1.20. The number of Topliss-reactive ketones (excluding diaryl/α,β-unsaturated/α-hetero) is 1. The van der Waals surface area contributed by atoms with Crippen LogP contribution in [0.5, 0.6) is 5.75 Å². The number of esters is 1. The maximum absolute atomic E-state index is 11.5. The summed E-state index contributed by atoms with van der Waals surface area (Å²) in [5.74, 6) is -1.15. The summed E-state index contributed by atoms with van der Waals surface area (Å²) in [6, 6.07) is 4.89. The number of carbonyl (C=O) groups is 2. The first-order valence-electron chi connectivity index (χ1n) is 4.61. The van der Waals surface area contributed by atoms with Gasteiger partial charge in [-0.1, -0.05) is 6.07 Å². The lowest BCUT2D eigenvalue weighted by atomic mass is 10.1. The Balaban J connectivity index is 2.97. The zero-order valence-electron chi connectivity index (χ0n) is 9.20. The smallest absolute Gasteiger partial charge is 0.376 e. The van der Waals surface area contributed by atoms with Crippen LogP contribution in [0.3, 0.4) is 0 Å². The van der Waals surface area contributed by atoms with E-state index in [1.54, 1.807) is 18.2 Å². The van der Waals surface area contributed by atoms with Crippen LogP contribution in [-0.4, -0.2) is 26.0 Å². The molecule has 0 heterocycles. The number of hydrogen-bond acceptors (Lipinski definition) is 4. The molecule has 1 rings (SSSR count). The Morgan fingerprint density at radius 3 is 2.47 bits per heavy atom. The number of ether oxygens (including phenoxy) is 2. The number of carbonyl (C=O) groups excluding carboxylic acids is 2. The lowest BCUT2D eigenvalue weighted by Gasteiger charge is -2.09. The van der Waals surface area contributed by atoms with Crippen molar-refractivity contribution in [2.45, 2.75) is 5.38 Å². The van der Waals surface area contributed by atoms with E-state index in [1.165, 1.54) is 7.11 Å². The van der Waals surface area contributed by atoms with E-state index in [0.29, 0.717) is 15.8 Å². The summed E-state index contributed by atoms with van der Waals surface area (Å²) in [5, 5.41) is -1.07. The Hall–Kier alpha value is -1.07. The summed E-state index contributed by atoms with van der Waals surface area (Å²) in [6.07, 6.45) is 0. The third-order valence-corrected chi connectivity index (χ3v) is 3.16. The monoisotopic (exact) mass is 320 g/mol. The molecule has 1 aromatic rings. The predicted octanol–water partition coefficient (Wildman–Crippen LogP) is 2.48. The van der Waals surface area contributed by atoms with Gasteiger partial charge in [-0.25, -0.2) is 4.79 Å². The molecule has 0 fully saturated rings. The minimum Gasteiger partial charge on any atom is -0.496 e. The molecular weight excluding hydrogens is 311 g/mol. The third-order valence-electron chi connectivity index (χ3n) is 2.09. The average Bonchev–Trinajstić information content (AvgIpc) is 2.35. The van der Waals surface area contributed by atoms with Gasteiger partial charge in [0.1, 0.15) is 11.1 Å². The van der Waals surface area contributed by atoms with E-state index < -0.39 is 17.1 Å². The van der Waals surface area contributed by atoms with Crippen molar-refractivity contribution in [3.05, 3.63) is 28.2 Å². The molecule has 0 bridgehead atoms. The minimum absolute atomic E-state index is 0.495. The number of rotatable bonds is 4. The number of hydrogen-bond donors (Lipinski definition) is 0. The van der Waals surface area contributed by atoms with Gasteiger partial charge in [0.15, 0.2) is 0 Å². The molecular formula is C11H10BrClO4. The van der Waals surface area contributed by atoms with Gasteiger partial charge in [0.05, 0.1) is 18.7 Å². The van der Waals surface area contributed by atoms with E-state index >= 15 is 0 Å².